The van der Waals surface area contributed by atoms with Gasteiger partial charge < -0.3 is 9.64 Å². The summed E-state index contributed by atoms with van der Waals surface area (Å²) in [6, 6.07) is 3.16. The van der Waals surface area contributed by atoms with Crippen LogP contribution in [0.25, 0.3) is 0 Å². The molecule has 0 spiro atoms. The molecule has 0 N–H and O–H groups in total. The fraction of sp³-hybridized carbons (Fsp3) is 0.400. The van der Waals surface area contributed by atoms with E-state index in [0.717, 1.165) is 18.2 Å². The van der Waals surface area contributed by atoms with E-state index in [1.54, 1.807) is 4.90 Å². The van der Waals surface area contributed by atoms with Crippen LogP contribution in [0.1, 0.15) is 32.3 Å². The van der Waals surface area contributed by atoms with Crippen molar-refractivity contribution in [3.63, 3.8) is 0 Å². The van der Waals surface area contributed by atoms with E-state index < -0.39 is 11.6 Å². The minimum absolute atomic E-state index is 0.00676. The van der Waals surface area contributed by atoms with Crippen molar-refractivity contribution in [3.8, 4) is 11.8 Å². The maximum Gasteiger partial charge on any atom is 0.268 e. The van der Waals surface area contributed by atoms with Gasteiger partial charge in [0.15, 0.2) is 0 Å². The predicted octanol–water partition coefficient (Wildman–Crippen LogP) is 3.07. The van der Waals surface area contributed by atoms with Crippen LogP contribution >= 0.6 is 0 Å². The standard InChI is InChI=1S/C20H20F2N2O2/c1-20(2)13-24(9-10-26-20)19(25)18-8-4-14(12-23-18)3-5-15-11-16(21)6-7-17(15)22/h6-7,11-12H,4,8-10,13H2,1-2H3. The zero-order valence-electron chi connectivity index (χ0n) is 14.8. The Balaban J connectivity index is 1.71. The molecule has 1 aromatic rings. The zero-order valence-corrected chi connectivity index (χ0v) is 14.8. The molecule has 6 heteroatoms. The second-order valence-electron chi connectivity index (χ2n) is 6.94. The molecule has 0 saturated carbocycles. The molecule has 0 bridgehead atoms. The van der Waals surface area contributed by atoms with E-state index in [1.807, 2.05) is 13.8 Å². The lowest BCUT2D eigenvalue weighted by Gasteiger charge is -2.38. The van der Waals surface area contributed by atoms with Crippen molar-refractivity contribution < 1.29 is 18.3 Å². The molecule has 1 aromatic carbocycles. The molecular weight excluding hydrogens is 338 g/mol. The van der Waals surface area contributed by atoms with Crippen LogP contribution in [0.4, 0.5) is 8.78 Å². The van der Waals surface area contributed by atoms with Gasteiger partial charge in [0.05, 0.1) is 17.8 Å². The number of hydrogen-bond acceptors (Lipinski definition) is 3. The lowest BCUT2D eigenvalue weighted by molar-refractivity contribution is -0.139. The largest absolute Gasteiger partial charge is 0.372 e. The number of morpholine rings is 1. The molecule has 26 heavy (non-hydrogen) atoms. The van der Waals surface area contributed by atoms with E-state index >= 15 is 0 Å². The minimum atomic E-state index is -0.565. The zero-order chi connectivity index (χ0) is 18.7. The summed E-state index contributed by atoms with van der Waals surface area (Å²) in [4.78, 5) is 18.6. The number of benzene rings is 1. The van der Waals surface area contributed by atoms with Crippen LogP contribution in [-0.4, -0.2) is 41.8 Å². The third-order valence-electron chi connectivity index (χ3n) is 4.25. The maximum absolute atomic E-state index is 13.6. The van der Waals surface area contributed by atoms with Crippen LogP contribution < -0.4 is 0 Å². The van der Waals surface area contributed by atoms with Crippen LogP contribution in [0.3, 0.4) is 0 Å². The lowest BCUT2D eigenvalue weighted by Crippen LogP contribution is -2.52. The van der Waals surface area contributed by atoms with Crippen LogP contribution in [0.2, 0.25) is 0 Å². The minimum Gasteiger partial charge on any atom is -0.372 e. The van der Waals surface area contributed by atoms with Crippen LogP contribution in [-0.2, 0) is 9.53 Å². The molecule has 3 rings (SSSR count). The summed E-state index contributed by atoms with van der Waals surface area (Å²) in [6.07, 6.45) is 2.55. The average molecular weight is 358 g/mol. The number of rotatable bonds is 1. The normalized spacial score (nSPS) is 19.2. The fourth-order valence-electron chi connectivity index (χ4n) is 2.91. The Morgan fingerprint density at radius 2 is 2.08 bits per heavy atom. The van der Waals surface area contributed by atoms with Crippen molar-refractivity contribution in [2.45, 2.75) is 32.3 Å². The number of halogens is 2. The second kappa shape index (κ2) is 7.38. The summed E-state index contributed by atoms with van der Waals surface area (Å²) in [7, 11) is 0. The van der Waals surface area contributed by atoms with Crippen molar-refractivity contribution in [2.24, 2.45) is 4.99 Å². The first-order valence-electron chi connectivity index (χ1n) is 8.50. The van der Waals surface area contributed by atoms with Crippen molar-refractivity contribution in [3.05, 3.63) is 47.2 Å². The molecular formula is C20H20F2N2O2. The first-order valence-corrected chi connectivity index (χ1v) is 8.50. The first kappa shape index (κ1) is 18.3. The van der Waals surface area contributed by atoms with E-state index in [0.29, 0.717) is 43.8 Å². The number of carbonyl (C=O) groups excluding carboxylic acids is 1. The predicted molar refractivity (Wildman–Crippen MR) is 94.6 cm³/mol. The third-order valence-corrected chi connectivity index (χ3v) is 4.25. The Labute approximate surface area is 151 Å². The summed E-state index contributed by atoms with van der Waals surface area (Å²) in [6.45, 7) is 5.50. The molecule has 2 heterocycles. The van der Waals surface area contributed by atoms with Crippen molar-refractivity contribution in [2.75, 3.05) is 19.7 Å². The number of nitrogens with zero attached hydrogens (tertiary/aromatic N) is 2. The van der Waals surface area contributed by atoms with E-state index in [1.165, 1.54) is 6.20 Å². The number of carbonyl (C=O) groups is 1. The van der Waals surface area contributed by atoms with E-state index in [4.69, 9.17) is 4.74 Å². The van der Waals surface area contributed by atoms with E-state index in [9.17, 15) is 13.6 Å². The maximum atomic E-state index is 13.6. The molecule has 136 valence electrons. The van der Waals surface area contributed by atoms with E-state index in [-0.39, 0.29) is 17.1 Å². The SMILES string of the molecule is CC1(C)CN(C(=O)C2=NC=C(C#Cc3cc(F)ccc3F)CC2)CCO1. The summed E-state index contributed by atoms with van der Waals surface area (Å²) in [5, 5.41) is 0. The summed E-state index contributed by atoms with van der Waals surface area (Å²) in [5.41, 5.74) is 0.829. The van der Waals surface area contributed by atoms with Gasteiger partial charge in [-0.1, -0.05) is 11.8 Å². The molecule has 1 saturated heterocycles. The summed E-state index contributed by atoms with van der Waals surface area (Å²) < 4.78 is 32.4. The molecule has 1 fully saturated rings. The van der Waals surface area contributed by atoms with Gasteiger partial charge in [-0.05, 0) is 44.9 Å². The molecule has 4 nitrogen and oxygen atoms in total. The van der Waals surface area contributed by atoms with Gasteiger partial charge in [-0.2, -0.15) is 0 Å². The molecule has 0 aliphatic carbocycles. The number of aliphatic imine (C=N–C) groups is 1. The lowest BCUT2D eigenvalue weighted by atomic mass is 10.0. The van der Waals surface area contributed by atoms with Gasteiger partial charge in [0.1, 0.15) is 17.3 Å². The number of amides is 1. The highest BCUT2D eigenvalue weighted by molar-refractivity contribution is 6.39. The van der Waals surface area contributed by atoms with Gasteiger partial charge in [-0.25, -0.2) is 8.78 Å². The quantitative estimate of drug-likeness (QED) is 0.724. The topological polar surface area (TPSA) is 41.9 Å². The molecule has 1 amide bonds. The number of ether oxygens (including phenoxy) is 1. The Kier molecular flexibility index (Phi) is 5.19. The monoisotopic (exact) mass is 358 g/mol. The fourth-order valence-corrected chi connectivity index (χ4v) is 2.91. The molecule has 2 aliphatic heterocycles. The Bertz CT molecular complexity index is 847. The highest BCUT2D eigenvalue weighted by Crippen LogP contribution is 2.19. The Morgan fingerprint density at radius 1 is 1.27 bits per heavy atom. The van der Waals surface area contributed by atoms with Crippen molar-refractivity contribution in [1.82, 2.24) is 4.90 Å². The summed E-state index contributed by atoms with van der Waals surface area (Å²) in [5.74, 6) is 4.26. The molecule has 0 atom stereocenters. The molecule has 2 aliphatic rings. The Hall–Kier alpha value is -2.52. The second-order valence-corrected chi connectivity index (χ2v) is 6.94. The average Bonchev–Trinajstić information content (AvgIpc) is 2.61. The van der Waals surface area contributed by atoms with Gasteiger partial charge in [0.25, 0.3) is 5.91 Å². The van der Waals surface area contributed by atoms with Gasteiger partial charge >= 0.3 is 0 Å². The van der Waals surface area contributed by atoms with Crippen molar-refractivity contribution in [1.29, 1.82) is 0 Å². The molecule has 0 radical (unpaired) electrons. The van der Waals surface area contributed by atoms with Gasteiger partial charge in [0.2, 0.25) is 0 Å². The molecule has 0 aromatic heterocycles. The highest BCUT2D eigenvalue weighted by atomic mass is 19.1. The van der Waals surface area contributed by atoms with Crippen LogP contribution in [0, 0.1) is 23.5 Å². The van der Waals surface area contributed by atoms with Crippen molar-refractivity contribution >= 4 is 11.6 Å². The smallest absolute Gasteiger partial charge is 0.268 e. The number of hydrogen-bond donors (Lipinski definition) is 0. The van der Waals surface area contributed by atoms with Gasteiger partial charge in [0, 0.05) is 24.9 Å². The summed E-state index contributed by atoms with van der Waals surface area (Å²) >= 11 is 0. The van der Waals surface area contributed by atoms with E-state index in [2.05, 4.69) is 16.8 Å². The highest BCUT2D eigenvalue weighted by Gasteiger charge is 2.31. The Morgan fingerprint density at radius 3 is 2.77 bits per heavy atom. The van der Waals surface area contributed by atoms with Gasteiger partial charge in [-0.3, -0.25) is 9.79 Å². The third kappa shape index (κ3) is 4.36. The van der Waals surface area contributed by atoms with Gasteiger partial charge in [-0.15, -0.1) is 0 Å². The van der Waals surface area contributed by atoms with Crippen LogP contribution in [0.5, 0.6) is 0 Å². The number of allylic oxidation sites excluding steroid dienone is 1. The van der Waals surface area contributed by atoms with Crippen LogP contribution in [0.15, 0.2) is 35.0 Å². The molecule has 0 unspecified atom stereocenters. The first-order chi connectivity index (χ1) is 12.3.